The first-order valence-corrected chi connectivity index (χ1v) is 18.3. The number of carboxylic acid groups (broad SMARTS) is 1. The number of carbonyl (C=O) groups is 7. The SMILES string of the molecule is NCCCC[C@H](NC(=O)[C@@H](N)CS)C(=O)N[C@@H](Cc1ccccc1)C(=O)N[C@@H](CCCN=C(N)N)C(=O)NCC(=O)N[C@@H](CO)C(=O)N[C@@H](CS)C(=O)O. The number of thiol groups is 2. The quantitative estimate of drug-likeness (QED) is 0.0181. The average molecular weight is 800 g/mol. The van der Waals surface area contributed by atoms with Gasteiger partial charge in [0.05, 0.1) is 19.2 Å². The van der Waals surface area contributed by atoms with E-state index in [-0.39, 0.29) is 49.7 Å². The van der Waals surface area contributed by atoms with Crippen molar-refractivity contribution < 1.29 is 43.8 Å². The van der Waals surface area contributed by atoms with E-state index in [1.165, 1.54) is 0 Å². The van der Waals surface area contributed by atoms with E-state index in [1.54, 1.807) is 30.3 Å². The summed E-state index contributed by atoms with van der Waals surface area (Å²) in [5.41, 5.74) is 22.9. The van der Waals surface area contributed by atoms with E-state index >= 15 is 0 Å². The van der Waals surface area contributed by atoms with Gasteiger partial charge in [0.25, 0.3) is 0 Å². The summed E-state index contributed by atoms with van der Waals surface area (Å²) in [6.07, 6.45) is 1.40. The summed E-state index contributed by atoms with van der Waals surface area (Å²) >= 11 is 7.89. The van der Waals surface area contributed by atoms with E-state index in [4.69, 9.17) is 28.0 Å². The van der Waals surface area contributed by atoms with Gasteiger partial charge in [-0.1, -0.05) is 30.3 Å². The number of aliphatic carboxylic acids is 1. The lowest BCUT2D eigenvalue weighted by Crippen LogP contribution is -2.59. The highest BCUT2D eigenvalue weighted by molar-refractivity contribution is 7.80. The molecule has 0 aromatic heterocycles. The molecule has 54 heavy (non-hydrogen) atoms. The molecule has 0 saturated heterocycles. The van der Waals surface area contributed by atoms with Gasteiger partial charge in [-0.25, -0.2) is 4.79 Å². The Kier molecular flexibility index (Phi) is 23.0. The second kappa shape index (κ2) is 26.2. The molecule has 0 aliphatic rings. The summed E-state index contributed by atoms with van der Waals surface area (Å²) < 4.78 is 0. The summed E-state index contributed by atoms with van der Waals surface area (Å²) in [5.74, 6) is -6.62. The normalized spacial score (nSPS) is 14.1. The highest BCUT2D eigenvalue weighted by atomic mass is 32.1. The molecule has 0 aliphatic heterocycles. The van der Waals surface area contributed by atoms with Gasteiger partial charge in [-0.15, -0.1) is 0 Å². The second-order valence-electron chi connectivity index (χ2n) is 12.0. The second-order valence-corrected chi connectivity index (χ2v) is 12.7. The molecule has 20 nitrogen and oxygen atoms in total. The summed E-state index contributed by atoms with van der Waals surface area (Å²) in [5, 5.41) is 33.3. The summed E-state index contributed by atoms with van der Waals surface area (Å²) in [6.45, 7) is -1.16. The first kappa shape index (κ1) is 47.4. The number of aliphatic imine (C=N–C) groups is 1. The first-order chi connectivity index (χ1) is 25.7. The number of carboxylic acids is 1. The molecular formula is C32H53N11O9S2. The van der Waals surface area contributed by atoms with Crippen LogP contribution in [0.25, 0.3) is 0 Å². The molecule has 1 aromatic carbocycles. The Morgan fingerprint density at radius 3 is 1.83 bits per heavy atom. The summed E-state index contributed by atoms with van der Waals surface area (Å²) in [6, 6.07) is 1.17. The van der Waals surface area contributed by atoms with Crippen molar-refractivity contribution in [2.45, 2.75) is 74.8 Å². The van der Waals surface area contributed by atoms with E-state index in [0.717, 1.165) is 0 Å². The largest absolute Gasteiger partial charge is 0.480 e. The Morgan fingerprint density at radius 1 is 0.704 bits per heavy atom. The van der Waals surface area contributed by atoms with Crippen molar-refractivity contribution >= 4 is 72.6 Å². The van der Waals surface area contributed by atoms with Gasteiger partial charge in [0.15, 0.2) is 5.96 Å². The number of benzene rings is 1. The maximum Gasteiger partial charge on any atom is 0.327 e. The van der Waals surface area contributed by atoms with Gasteiger partial charge in [-0.3, -0.25) is 33.8 Å². The summed E-state index contributed by atoms with van der Waals surface area (Å²) in [4.78, 5) is 93.6. The standard InChI is InChI=1S/C32H53N11O9S2/c33-11-5-4-9-21(40-26(46)19(34)16-53)28(48)42-22(13-18-7-2-1-3-8-18)29(49)41-20(10-6-12-37-32(35)36)27(47)38-14-25(45)39-23(15-44)30(50)43-24(17-54)31(51)52/h1-3,7-8,19-24,44,53-54H,4-6,9-17,33-34H2,(H,38,47)(H,39,45)(H,40,46)(H,41,49)(H,42,48)(H,43,50)(H,51,52)(H4,35,36,37)/t19-,20-,21-,22-,23-,24-/m0/s1. The highest BCUT2D eigenvalue weighted by Crippen LogP contribution is 2.08. The molecule has 6 amide bonds. The zero-order valence-electron chi connectivity index (χ0n) is 29.7. The van der Waals surface area contributed by atoms with Gasteiger partial charge in [0.2, 0.25) is 35.4 Å². The zero-order chi connectivity index (χ0) is 40.6. The van der Waals surface area contributed by atoms with Crippen molar-refractivity contribution in [1.82, 2.24) is 31.9 Å². The Hall–Kier alpha value is -4.64. The molecule has 0 bridgehead atoms. The molecule has 0 saturated carbocycles. The maximum atomic E-state index is 13.9. The molecule has 0 spiro atoms. The third-order valence-corrected chi connectivity index (χ3v) is 8.42. The van der Waals surface area contributed by atoms with Crippen LogP contribution in [-0.4, -0.2) is 132 Å². The molecule has 302 valence electrons. The van der Waals surface area contributed by atoms with Crippen LogP contribution >= 0.6 is 25.3 Å². The number of aliphatic hydroxyl groups excluding tert-OH is 1. The monoisotopic (exact) mass is 799 g/mol. The van der Waals surface area contributed by atoms with Crippen LogP contribution in [0.3, 0.4) is 0 Å². The molecule has 0 radical (unpaired) electrons. The highest BCUT2D eigenvalue weighted by Gasteiger charge is 2.31. The van der Waals surface area contributed by atoms with Gasteiger partial charge in [-0.2, -0.15) is 25.3 Å². The predicted octanol–water partition coefficient (Wildman–Crippen LogP) is -4.78. The van der Waals surface area contributed by atoms with Crippen LogP contribution in [0.4, 0.5) is 0 Å². The predicted molar refractivity (Wildman–Crippen MR) is 206 cm³/mol. The van der Waals surface area contributed by atoms with Crippen LogP contribution < -0.4 is 54.8 Å². The van der Waals surface area contributed by atoms with Crippen molar-refractivity contribution in [2.75, 3.05) is 37.7 Å². The average Bonchev–Trinajstić information content (AvgIpc) is 3.14. The van der Waals surface area contributed by atoms with Gasteiger partial charge in [0.1, 0.15) is 30.2 Å². The third-order valence-electron chi connectivity index (χ3n) is 7.66. The molecule has 0 unspecified atom stereocenters. The van der Waals surface area contributed by atoms with E-state index in [0.29, 0.717) is 24.9 Å². The van der Waals surface area contributed by atoms with Crippen LogP contribution in [0.1, 0.15) is 37.7 Å². The molecule has 1 aromatic rings. The fraction of sp³-hybridized carbons (Fsp3) is 0.562. The van der Waals surface area contributed by atoms with E-state index in [9.17, 15) is 38.7 Å². The molecule has 22 heteroatoms. The number of guanidine groups is 1. The number of nitrogens with zero attached hydrogens (tertiary/aromatic N) is 1. The Bertz CT molecular complexity index is 1420. The molecule has 1 rings (SSSR count). The fourth-order valence-corrected chi connectivity index (χ4v) is 5.10. The van der Waals surface area contributed by atoms with Crippen LogP contribution in [-0.2, 0) is 40.0 Å². The lowest BCUT2D eigenvalue weighted by Gasteiger charge is -2.26. The minimum Gasteiger partial charge on any atom is -0.480 e. The zero-order valence-corrected chi connectivity index (χ0v) is 31.5. The number of hydrogen-bond acceptors (Lipinski definition) is 13. The van der Waals surface area contributed by atoms with Crippen molar-refractivity contribution in [2.24, 2.45) is 27.9 Å². The van der Waals surface area contributed by atoms with Crippen LogP contribution in [0.15, 0.2) is 35.3 Å². The van der Waals surface area contributed by atoms with Gasteiger partial charge in [0, 0.05) is 24.5 Å². The van der Waals surface area contributed by atoms with Crippen molar-refractivity contribution in [3.63, 3.8) is 0 Å². The lowest BCUT2D eigenvalue weighted by atomic mass is 10.0. The Labute approximate surface area is 324 Å². The molecule has 0 fully saturated rings. The Morgan fingerprint density at radius 2 is 1.26 bits per heavy atom. The molecule has 0 aliphatic carbocycles. The molecular weight excluding hydrogens is 747 g/mol. The number of aliphatic hydroxyl groups is 1. The number of unbranched alkanes of at least 4 members (excludes halogenated alkanes) is 1. The molecule has 16 N–H and O–H groups in total. The maximum absolute atomic E-state index is 13.9. The number of rotatable bonds is 26. The van der Waals surface area contributed by atoms with Crippen molar-refractivity contribution in [3.05, 3.63) is 35.9 Å². The van der Waals surface area contributed by atoms with Crippen molar-refractivity contribution in [3.8, 4) is 0 Å². The Balaban J connectivity index is 3.23. The third kappa shape index (κ3) is 18.4. The summed E-state index contributed by atoms with van der Waals surface area (Å²) in [7, 11) is 0. The van der Waals surface area contributed by atoms with Crippen molar-refractivity contribution in [1.29, 1.82) is 0 Å². The topological polar surface area (TPSA) is 349 Å². The molecule has 6 atom stereocenters. The molecule has 0 heterocycles. The minimum absolute atomic E-state index is 0.0106. The van der Waals surface area contributed by atoms with E-state index in [2.05, 4.69) is 62.2 Å². The lowest BCUT2D eigenvalue weighted by molar-refractivity contribution is -0.141. The number of amides is 6. The van der Waals surface area contributed by atoms with Gasteiger partial charge < -0.3 is 65.0 Å². The smallest absolute Gasteiger partial charge is 0.327 e. The van der Waals surface area contributed by atoms with Gasteiger partial charge in [-0.05, 0) is 44.2 Å². The van der Waals surface area contributed by atoms with Crippen LogP contribution in [0.2, 0.25) is 0 Å². The number of carbonyl (C=O) groups excluding carboxylic acids is 6. The number of nitrogens with one attached hydrogen (secondary N) is 6. The van der Waals surface area contributed by atoms with Crippen LogP contribution in [0.5, 0.6) is 0 Å². The minimum atomic E-state index is -1.55. The number of nitrogens with two attached hydrogens (primary N) is 4. The van der Waals surface area contributed by atoms with Crippen LogP contribution in [0, 0.1) is 0 Å². The first-order valence-electron chi connectivity index (χ1n) is 17.1. The van der Waals surface area contributed by atoms with Gasteiger partial charge >= 0.3 is 5.97 Å². The van der Waals surface area contributed by atoms with E-state index in [1.807, 2.05) is 0 Å². The fourth-order valence-electron chi connectivity index (χ4n) is 4.69. The number of hydrogen-bond donors (Lipinski definition) is 14. The van der Waals surface area contributed by atoms with E-state index < -0.39 is 90.8 Å².